The maximum absolute atomic E-state index is 5.68. The molecule has 0 atom stereocenters. The minimum Gasteiger partial charge on any atom is -0.493 e. The summed E-state index contributed by atoms with van der Waals surface area (Å²) < 4.78 is 14.4. The molecule has 2 aromatic rings. The van der Waals surface area contributed by atoms with Crippen molar-refractivity contribution in [2.24, 2.45) is 7.05 Å². The fourth-order valence-corrected chi connectivity index (χ4v) is 3.57. The molecule has 0 bridgehead atoms. The second-order valence-corrected chi connectivity index (χ2v) is 6.57. The largest absolute Gasteiger partial charge is 0.493 e. The Labute approximate surface area is 125 Å². The summed E-state index contributed by atoms with van der Waals surface area (Å²) in [5.41, 5.74) is 0. The summed E-state index contributed by atoms with van der Waals surface area (Å²) in [6, 6.07) is 7.62. The molecule has 0 amide bonds. The standard InChI is InChI=1S/C12H14N2O2S3/c1-14-12(17)19-11(13-14)18-8-7-16-10-6-4-3-5-9(10)15-2/h3-6H,7-8H2,1-2H3. The van der Waals surface area contributed by atoms with Crippen molar-refractivity contribution in [3.8, 4) is 11.5 Å². The van der Waals surface area contributed by atoms with E-state index in [1.54, 1.807) is 23.6 Å². The number of benzene rings is 1. The van der Waals surface area contributed by atoms with Crippen molar-refractivity contribution in [3.63, 3.8) is 0 Å². The summed E-state index contributed by atoms with van der Waals surface area (Å²) >= 11 is 8.28. The molecule has 0 aliphatic carbocycles. The Morgan fingerprint density at radius 2 is 2.11 bits per heavy atom. The Morgan fingerprint density at radius 3 is 2.74 bits per heavy atom. The number of thioether (sulfide) groups is 1. The minimum absolute atomic E-state index is 0.598. The van der Waals surface area contributed by atoms with Gasteiger partial charge in [0.05, 0.1) is 13.7 Å². The first kappa shape index (κ1) is 14.4. The highest BCUT2D eigenvalue weighted by Gasteiger charge is 2.04. The fourth-order valence-electron chi connectivity index (χ4n) is 1.40. The first-order valence-corrected chi connectivity index (χ1v) is 7.84. The van der Waals surface area contributed by atoms with Crippen LogP contribution in [0.3, 0.4) is 0 Å². The predicted molar refractivity (Wildman–Crippen MR) is 81.1 cm³/mol. The number of ether oxygens (including phenoxy) is 2. The van der Waals surface area contributed by atoms with Crippen LogP contribution in [0.2, 0.25) is 0 Å². The van der Waals surface area contributed by atoms with Gasteiger partial charge in [0.1, 0.15) is 0 Å². The second-order valence-electron chi connectivity index (χ2n) is 3.61. The van der Waals surface area contributed by atoms with Crippen LogP contribution in [-0.2, 0) is 7.05 Å². The highest BCUT2D eigenvalue weighted by Crippen LogP contribution is 2.26. The average molecular weight is 314 g/mol. The Hall–Kier alpha value is -1.05. The van der Waals surface area contributed by atoms with Crippen molar-refractivity contribution in [1.82, 2.24) is 9.78 Å². The van der Waals surface area contributed by atoms with E-state index in [0.29, 0.717) is 6.61 Å². The van der Waals surface area contributed by atoms with E-state index in [2.05, 4.69) is 5.10 Å². The van der Waals surface area contributed by atoms with Crippen LogP contribution in [0.15, 0.2) is 28.6 Å². The summed E-state index contributed by atoms with van der Waals surface area (Å²) in [6.07, 6.45) is 0. The van der Waals surface area contributed by atoms with Gasteiger partial charge in [-0.25, -0.2) is 4.68 Å². The molecule has 0 aliphatic rings. The van der Waals surface area contributed by atoms with Gasteiger partial charge < -0.3 is 9.47 Å². The zero-order valence-corrected chi connectivity index (χ0v) is 13.1. The number of nitrogens with zero attached hydrogens (tertiary/aromatic N) is 2. The molecule has 4 nitrogen and oxygen atoms in total. The smallest absolute Gasteiger partial charge is 0.179 e. The van der Waals surface area contributed by atoms with E-state index in [1.807, 2.05) is 31.3 Å². The second kappa shape index (κ2) is 6.93. The monoisotopic (exact) mass is 314 g/mol. The van der Waals surface area contributed by atoms with Crippen molar-refractivity contribution in [3.05, 3.63) is 28.2 Å². The molecule has 1 aromatic carbocycles. The third-order valence-electron chi connectivity index (χ3n) is 2.31. The molecule has 0 N–H and O–H groups in total. The summed E-state index contributed by atoms with van der Waals surface area (Å²) in [7, 11) is 3.49. The molecule has 0 fully saturated rings. The van der Waals surface area contributed by atoms with E-state index >= 15 is 0 Å². The Morgan fingerprint density at radius 1 is 1.37 bits per heavy atom. The Balaban J connectivity index is 1.82. The van der Waals surface area contributed by atoms with Gasteiger partial charge in [0.15, 0.2) is 19.8 Å². The van der Waals surface area contributed by atoms with Crippen molar-refractivity contribution >= 4 is 35.3 Å². The van der Waals surface area contributed by atoms with E-state index in [9.17, 15) is 0 Å². The summed E-state index contributed by atoms with van der Waals surface area (Å²) in [4.78, 5) is 0. The highest BCUT2D eigenvalue weighted by atomic mass is 32.2. The molecule has 1 heterocycles. The quantitative estimate of drug-likeness (QED) is 0.464. The van der Waals surface area contributed by atoms with Crippen molar-refractivity contribution in [2.75, 3.05) is 19.5 Å². The number of hydrogen-bond donors (Lipinski definition) is 0. The third kappa shape index (κ3) is 3.95. The lowest BCUT2D eigenvalue weighted by Gasteiger charge is -2.09. The van der Waals surface area contributed by atoms with E-state index < -0.39 is 0 Å². The molecule has 0 saturated heterocycles. The average Bonchev–Trinajstić information content (AvgIpc) is 2.74. The molecule has 19 heavy (non-hydrogen) atoms. The molecule has 0 saturated carbocycles. The maximum Gasteiger partial charge on any atom is 0.179 e. The number of methoxy groups -OCH3 is 1. The molecular formula is C12H14N2O2S3. The number of aryl methyl sites for hydroxylation is 1. The lowest BCUT2D eigenvalue weighted by molar-refractivity contribution is 0.313. The first-order chi connectivity index (χ1) is 9.20. The van der Waals surface area contributed by atoms with Crippen molar-refractivity contribution in [2.45, 2.75) is 4.34 Å². The number of para-hydroxylation sites is 2. The van der Waals surface area contributed by atoms with Gasteiger partial charge in [-0.15, -0.1) is 0 Å². The van der Waals surface area contributed by atoms with Gasteiger partial charge in [0.25, 0.3) is 0 Å². The normalized spacial score (nSPS) is 10.4. The molecule has 0 unspecified atom stereocenters. The summed E-state index contributed by atoms with van der Waals surface area (Å²) in [6.45, 7) is 0.598. The lowest BCUT2D eigenvalue weighted by atomic mass is 10.3. The molecule has 102 valence electrons. The molecule has 2 rings (SSSR count). The molecular weight excluding hydrogens is 300 g/mol. The van der Waals surface area contributed by atoms with E-state index in [4.69, 9.17) is 21.7 Å². The number of hydrogen-bond acceptors (Lipinski definition) is 6. The molecule has 1 aromatic heterocycles. The molecule has 0 aliphatic heterocycles. The van der Waals surface area contributed by atoms with Crippen LogP contribution < -0.4 is 9.47 Å². The van der Waals surface area contributed by atoms with Crippen LogP contribution in [0.5, 0.6) is 11.5 Å². The van der Waals surface area contributed by atoms with Crippen molar-refractivity contribution in [1.29, 1.82) is 0 Å². The van der Waals surface area contributed by atoms with Gasteiger partial charge in [0.2, 0.25) is 0 Å². The summed E-state index contributed by atoms with van der Waals surface area (Å²) in [5, 5.41) is 4.30. The Bertz CT molecular complexity index is 595. The van der Waals surface area contributed by atoms with Crippen LogP contribution in [0.4, 0.5) is 0 Å². The summed E-state index contributed by atoms with van der Waals surface area (Å²) in [5.74, 6) is 2.33. The SMILES string of the molecule is COc1ccccc1OCCSc1nn(C)c(=S)s1. The third-order valence-corrected chi connectivity index (χ3v) is 4.82. The maximum atomic E-state index is 5.68. The van der Waals surface area contributed by atoms with Gasteiger partial charge in [-0.05, 0) is 24.4 Å². The van der Waals surface area contributed by atoms with Crippen LogP contribution in [-0.4, -0.2) is 29.3 Å². The predicted octanol–water partition coefficient (Wildman–Crippen LogP) is 3.39. The number of aromatic nitrogens is 2. The number of rotatable bonds is 6. The Kier molecular flexibility index (Phi) is 5.24. The van der Waals surface area contributed by atoms with Gasteiger partial charge >= 0.3 is 0 Å². The van der Waals surface area contributed by atoms with Crippen LogP contribution in [0.1, 0.15) is 0 Å². The van der Waals surface area contributed by atoms with E-state index in [1.165, 1.54) is 11.3 Å². The zero-order valence-electron chi connectivity index (χ0n) is 10.7. The van der Waals surface area contributed by atoms with E-state index in [-0.39, 0.29) is 0 Å². The lowest BCUT2D eigenvalue weighted by Crippen LogP contribution is -2.01. The zero-order chi connectivity index (χ0) is 13.7. The van der Waals surface area contributed by atoms with Crippen molar-refractivity contribution < 1.29 is 9.47 Å². The minimum atomic E-state index is 0.598. The van der Waals surface area contributed by atoms with E-state index in [0.717, 1.165) is 25.5 Å². The van der Waals surface area contributed by atoms with Gasteiger partial charge in [0, 0.05) is 12.8 Å². The molecule has 0 radical (unpaired) electrons. The van der Waals surface area contributed by atoms with Gasteiger partial charge in [-0.2, -0.15) is 5.10 Å². The first-order valence-electron chi connectivity index (χ1n) is 5.63. The molecule has 7 heteroatoms. The van der Waals surface area contributed by atoms with Crippen LogP contribution in [0, 0.1) is 3.95 Å². The highest BCUT2D eigenvalue weighted by molar-refractivity contribution is 8.01. The van der Waals surface area contributed by atoms with Gasteiger partial charge in [-0.1, -0.05) is 35.2 Å². The van der Waals surface area contributed by atoms with Gasteiger partial charge in [-0.3, -0.25) is 0 Å². The fraction of sp³-hybridized carbons (Fsp3) is 0.333. The van der Waals surface area contributed by atoms with Crippen LogP contribution in [0.25, 0.3) is 0 Å². The topological polar surface area (TPSA) is 36.3 Å². The van der Waals surface area contributed by atoms with Crippen LogP contribution >= 0.6 is 35.3 Å². The molecule has 0 spiro atoms.